The summed E-state index contributed by atoms with van der Waals surface area (Å²) in [6, 6.07) is 7.22. The van der Waals surface area contributed by atoms with Gasteiger partial charge >= 0.3 is 11.1 Å². The first-order valence-electron chi connectivity index (χ1n) is 11.1. The molecule has 1 unspecified atom stereocenters. The zero-order valence-corrected chi connectivity index (χ0v) is 20.9. The highest BCUT2D eigenvalue weighted by Gasteiger charge is 2.51. The second-order valence-corrected chi connectivity index (χ2v) is 10.6. The number of hydrogen-bond donors (Lipinski definition) is 1. The van der Waals surface area contributed by atoms with Crippen LogP contribution >= 0.6 is 0 Å². The third-order valence-electron chi connectivity index (χ3n) is 6.18. The number of nitrogens with zero attached hydrogens (tertiary/aromatic N) is 3. The van der Waals surface area contributed by atoms with Gasteiger partial charge in [-0.3, -0.25) is 4.79 Å². The molecule has 13 heteroatoms. The molecule has 0 spiro atoms. The van der Waals surface area contributed by atoms with Crippen molar-refractivity contribution in [3.05, 3.63) is 112 Å². The molecular weight excluding hydrogens is 528 g/mol. The SMILES string of the molecule is Cc1c[n+]([O-])ccc1CNC(=O)C1=CN=C(S(=O)(=O)Cc2c(F)ccc(F)c2F)[N+]1(C)c1ccc(F)cc1. The Morgan fingerprint density at radius 2 is 1.71 bits per heavy atom. The van der Waals surface area contributed by atoms with Gasteiger partial charge in [0.2, 0.25) is 5.70 Å². The van der Waals surface area contributed by atoms with Gasteiger partial charge in [-0.05, 0) is 36.8 Å². The molecule has 0 fully saturated rings. The molecule has 1 amide bonds. The Kier molecular flexibility index (Phi) is 7.08. The standard InChI is InChI=1S/C25H20F4N4O4S/c1-15-13-32(35)10-9-16(15)11-30-24(34)22-12-31-25(33(22,2)18-5-3-17(26)4-6-18)38(36,37)14-19-20(27)7-8-21(28)23(19)29/h3-10,12-13H,11,14H2,1-2H3/p+1. The van der Waals surface area contributed by atoms with E-state index in [4.69, 9.17) is 0 Å². The highest BCUT2D eigenvalue weighted by atomic mass is 32.2. The van der Waals surface area contributed by atoms with Gasteiger partial charge in [0, 0.05) is 35.9 Å². The number of benzene rings is 2. The molecule has 1 aliphatic heterocycles. The summed E-state index contributed by atoms with van der Waals surface area (Å²) in [4.78, 5) is 17.2. The third kappa shape index (κ3) is 4.89. The molecule has 0 radical (unpaired) electrons. The maximum Gasteiger partial charge on any atom is 0.332 e. The van der Waals surface area contributed by atoms with Crippen LogP contribution in [0.4, 0.5) is 23.2 Å². The van der Waals surface area contributed by atoms with Crippen LogP contribution in [0.25, 0.3) is 0 Å². The van der Waals surface area contributed by atoms with E-state index in [1.165, 1.54) is 37.6 Å². The van der Waals surface area contributed by atoms with Crippen LogP contribution in [-0.2, 0) is 26.9 Å². The minimum atomic E-state index is -4.67. The van der Waals surface area contributed by atoms with E-state index < -0.39 is 60.0 Å². The number of amidine groups is 1. The first-order chi connectivity index (χ1) is 17.8. The fourth-order valence-electron chi connectivity index (χ4n) is 4.09. The first kappa shape index (κ1) is 26.9. The van der Waals surface area contributed by atoms with Crippen LogP contribution in [-0.4, -0.2) is 26.5 Å². The fourth-order valence-corrected chi connectivity index (χ4v) is 5.84. The van der Waals surface area contributed by atoms with Crippen LogP contribution in [0.2, 0.25) is 0 Å². The van der Waals surface area contributed by atoms with E-state index in [1.807, 2.05) is 0 Å². The number of halogens is 4. The highest BCUT2D eigenvalue weighted by molar-refractivity contribution is 8.05. The van der Waals surface area contributed by atoms with E-state index in [1.54, 1.807) is 6.92 Å². The number of aliphatic imine (C=N–C) groups is 1. The molecule has 0 saturated heterocycles. The molecule has 1 aromatic heterocycles. The van der Waals surface area contributed by atoms with Gasteiger partial charge in [0.25, 0.3) is 9.84 Å². The molecule has 3 aromatic rings. The maximum atomic E-state index is 14.3. The number of hydrogen-bond acceptors (Lipinski definition) is 5. The monoisotopic (exact) mass is 549 g/mol. The Morgan fingerprint density at radius 3 is 2.37 bits per heavy atom. The molecule has 0 aliphatic carbocycles. The van der Waals surface area contributed by atoms with Gasteiger partial charge in [0.15, 0.2) is 24.0 Å². The third-order valence-corrected chi connectivity index (χ3v) is 7.87. The Balaban J connectivity index is 1.71. The summed E-state index contributed by atoms with van der Waals surface area (Å²) in [6.07, 6.45) is 3.56. The maximum absolute atomic E-state index is 14.3. The van der Waals surface area contributed by atoms with Crippen LogP contribution in [0.5, 0.6) is 0 Å². The molecule has 1 atom stereocenters. The first-order valence-corrected chi connectivity index (χ1v) is 12.7. The second kappa shape index (κ2) is 9.99. The van der Waals surface area contributed by atoms with E-state index in [0.29, 0.717) is 28.0 Å². The number of quaternary nitrogens is 1. The number of nitrogens with one attached hydrogen (secondary N) is 1. The van der Waals surface area contributed by atoms with E-state index >= 15 is 0 Å². The lowest BCUT2D eigenvalue weighted by molar-refractivity contribution is -0.605. The van der Waals surface area contributed by atoms with Crippen molar-refractivity contribution < 1.29 is 35.5 Å². The summed E-state index contributed by atoms with van der Waals surface area (Å²) >= 11 is 0. The summed E-state index contributed by atoms with van der Waals surface area (Å²) in [7, 11) is -3.37. The smallest absolute Gasteiger partial charge is 0.332 e. The lowest BCUT2D eigenvalue weighted by atomic mass is 10.1. The molecular formula is C25H21F4N4O4S+. The number of carbonyl (C=O) groups is 1. The van der Waals surface area contributed by atoms with Crippen LogP contribution in [0.1, 0.15) is 16.7 Å². The molecule has 4 rings (SSSR count). The summed E-state index contributed by atoms with van der Waals surface area (Å²) in [5.74, 6) is -7.02. The molecule has 0 bridgehead atoms. The Bertz CT molecular complexity index is 1610. The number of rotatable bonds is 6. The van der Waals surface area contributed by atoms with Gasteiger partial charge in [-0.2, -0.15) is 14.2 Å². The summed E-state index contributed by atoms with van der Waals surface area (Å²) < 4.78 is 82.5. The van der Waals surface area contributed by atoms with Crippen molar-refractivity contribution in [1.29, 1.82) is 0 Å². The van der Waals surface area contributed by atoms with Crippen molar-refractivity contribution in [3.63, 3.8) is 0 Å². The number of likely N-dealkylation sites (N-methyl/N-ethyl adjacent to an activating group) is 1. The zero-order valence-electron chi connectivity index (χ0n) is 20.1. The highest BCUT2D eigenvalue weighted by Crippen LogP contribution is 2.35. The summed E-state index contributed by atoms with van der Waals surface area (Å²) in [6.45, 7) is 1.65. The Hall–Kier alpha value is -4.10. The Labute approximate surface area is 215 Å². The van der Waals surface area contributed by atoms with E-state index in [2.05, 4.69) is 10.3 Å². The predicted octanol–water partition coefficient (Wildman–Crippen LogP) is 3.26. The number of pyridine rings is 1. The molecule has 38 heavy (non-hydrogen) atoms. The number of amides is 1. The molecule has 1 aliphatic rings. The van der Waals surface area contributed by atoms with Gasteiger partial charge in [-0.25, -0.2) is 26.0 Å². The molecule has 0 saturated carbocycles. The fraction of sp³-hybridized carbons (Fsp3) is 0.160. The molecule has 1 N–H and O–H groups in total. The Morgan fingerprint density at radius 1 is 1.05 bits per heavy atom. The van der Waals surface area contributed by atoms with Crippen LogP contribution in [0.15, 0.2) is 71.7 Å². The van der Waals surface area contributed by atoms with E-state index in [-0.39, 0.29) is 17.9 Å². The molecule has 2 heterocycles. The predicted molar refractivity (Wildman–Crippen MR) is 131 cm³/mol. The minimum absolute atomic E-state index is 0.0198. The molecule has 2 aromatic carbocycles. The number of sulfone groups is 1. The van der Waals surface area contributed by atoms with Gasteiger partial charge in [0.1, 0.15) is 23.5 Å². The number of carbonyl (C=O) groups excluding carboxylic acids is 1. The van der Waals surface area contributed by atoms with Gasteiger partial charge in [-0.15, -0.1) is 0 Å². The van der Waals surface area contributed by atoms with Crippen molar-refractivity contribution >= 4 is 26.6 Å². The second-order valence-electron chi connectivity index (χ2n) is 8.69. The largest absolute Gasteiger partial charge is 0.619 e. The van der Waals surface area contributed by atoms with Crippen molar-refractivity contribution in [2.24, 2.45) is 4.99 Å². The lowest BCUT2D eigenvalue weighted by Crippen LogP contribution is -2.54. The normalized spacial score (nSPS) is 17.2. The van der Waals surface area contributed by atoms with Crippen molar-refractivity contribution in [3.8, 4) is 0 Å². The van der Waals surface area contributed by atoms with Crippen LogP contribution in [0.3, 0.4) is 0 Å². The van der Waals surface area contributed by atoms with Crippen LogP contribution in [0, 0.1) is 35.4 Å². The molecule has 8 nitrogen and oxygen atoms in total. The quantitative estimate of drug-likeness (QED) is 0.168. The van der Waals surface area contributed by atoms with E-state index in [0.717, 1.165) is 18.3 Å². The molecule has 198 valence electrons. The van der Waals surface area contributed by atoms with Gasteiger partial charge in [0.05, 0.1) is 12.8 Å². The van der Waals surface area contributed by atoms with Gasteiger partial charge < -0.3 is 10.5 Å². The van der Waals surface area contributed by atoms with Crippen molar-refractivity contribution in [1.82, 2.24) is 9.80 Å². The van der Waals surface area contributed by atoms with E-state index in [9.17, 15) is 36.0 Å². The van der Waals surface area contributed by atoms with Gasteiger partial charge in [-0.1, -0.05) is 0 Å². The summed E-state index contributed by atoms with van der Waals surface area (Å²) in [5, 5.41) is 13.4. The average molecular weight is 550 g/mol. The van der Waals surface area contributed by atoms with Crippen molar-refractivity contribution in [2.75, 3.05) is 7.05 Å². The lowest BCUT2D eigenvalue weighted by Gasteiger charge is -2.30. The number of aromatic nitrogens is 1. The average Bonchev–Trinajstić information content (AvgIpc) is 3.23. The van der Waals surface area contributed by atoms with Crippen molar-refractivity contribution in [2.45, 2.75) is 19.2 Å². The minimum Gasteiger partial charge on any atom is -0.619 e. The number of aryl methyl sites for hydroxylation is 1. The summed E-state index contributed by atoms with van der Waals surface area (Å²) in [5.41, 5.74) is 0.105. The topological polar surface area (TPSA) is 103 Å². The van der Waals surface area contributed by atoms with Crippen LogP contribution < -0.4 is 14.5 Å². The zero-order chi connectivity index (χ0) is 27.8.